The summed E-state index contributed by atoms with van der Waals surface area (Å²) in [6.07, 6.45) is 4.34. The Hall–Kier alpha value is -1.56. The number of hydrogen-bond acceptors (Lipinski definition) is 6. The normalized spacial score (nSPS) is 22.8. The number of aromatic nitrogens is 2. The van der Waals surface area contributed by atoms with Crippen molar-refractivity contribution in [3.05, 3.63) is 6.33 Å². The quantitative estimate of drug-likeness (QED) is 0.728. The van der Waals surface area contributed by atoms with Crippen LogP contribution in [0.1, 0.15) is 19.3 Å². The first kappa shape index (κ1) is 12.9. The lowest BCUT2D eigenvalue weighted by molar-refractivity contribution is 0.138. The van der Waals surface area contributed by atoms with E-state index in [0.717, 1.165) is 19.3 Å². The van der Waals surface area contributed by atoms with E-state index in [1.807, 2.05) is 0 Å². The maximum Gasteiger partial charge on any atom is 0.204 e. The molecule has 1 aromatic rings. The molecule has 0 radical (unpaired) electrons. The zero-order chi connectivity index (χ0) is 13.0. The van der Waals surface area contributed by atoms with Gasteiger partial charge in [0.05, 0.1) is 13.2 Å². The van der Waals surface area contributed by atoms with Gasteiger partial charge in [0, 0.05) is 19.5 Å². The number of methoxy groups -OCH3 is 1. The van der Waals surface area contributed by atoms with Crippen LogP contribution in [-0.4, -0.2) is 41.9 Å². The minimum absolute atomic E-state index is 0.200. The van der Waals surface area contributed by atoms with Crippen molar-refractivity contribution in [3.8, 4) is 5.75 Å². The topological polar surface area (TPSA) is 79.3 Å². The molecule has 0 aromatic carbocycles. The number of aliphatic hydroxyl groups excluding tert-OH is 1. The van der Waals surface area contributed by atoms with Crippen molar-refractivity contribution in [3.63, 3.8) is 0 Å². The van der Waals surface area contributed by atoms with E-state index in [2.05, 4.69) is 20.6 Å². The molecule has 0 aliphatic heterocycles. The van der Waals surface area contributed by atoms with E-state index in [1.165, 1.54) is 6.33 Å². The van der Waals surface area contributed by atoms with Crippen LogP contribution in [0.2, 0.25) is 0 Å². The van der Waals surface area contributed by atoms with Crippen molar-refractivity contribution in [2.24, 2.45) is 5.92 Å². The molecule has 1 fully saturated rings. The molecular weight excluding hydrogens is 232 g/mol. The first-order chi connectivity index (χ1) is 8.76. The average molecular weight is 252 g/mol. The number of aliphatic hydroxyl groups is 1. The second-order valence-corrected chi connectivity index (χ2v) is 4.49. The number of nitrogens with zero attached hydrogens (tertiary/aromatic N) is 2. The van der Waals surface area contributed by atoms with Crippen LogP contribution < -0.4 is 15.4 Å². The fourth-order valence-corrected chi connectivity index (χ4v) is 2.35. The molecule has 2 rings (SSSR count). The molecule has 1 saturated carbocycles. The smallest absolute Gasteiger partial charge is 0.204 e. The predicted molar refractivity (Wildman–Crippen MR) is 70.0 cm³/mol. The lowest BCUT2D eigenvalue weighted by Crippen LogP contribution is -2.22. The molecule has 3 N–H and O–H groups in total. The Balaban J connectivity index is 2.04. The summed E-state index contributed by atoms with van der Waals surface area (Å²) < 4.78 is 5.30. The van der Waals surface area contributed by atoms with Crippen molar-refractivity contribution in [2.45, 2.75) is 25.4 Å². The molecule has 2 unspecified atom stereocenters. The highest BCUT2D eigenvalue weighted by atomic mass is 16.5. The summed E-state index contributed by atoms with van der Waals surface area (Å²) in [6.45, 7) is 0.706. The number of anilines is 2. The molecule has 6 heteroatoms. The minimum atomic E-state index is -0.200. The van der Waals surface area contributed by atoms with E-state index in [1.54, 1.807) is 14.2 Å². The molecule has 18 heavy (non-hydrogen) atoms. The highest BCUT2D eigenvalue weighted by Gasteiger charge is 2.25. The van der Waals surface area contributed by atoms with Crippen LogP contribution in [0.5, 0.6) is 5.75 Å². The first-order valence-electron chi connectivity index (χ1n) is 6.25. The molecular formula is C12H20N4O2. The molecule has 0 amide bonds. The molecule has 0 saturated heterocycles. The van der Waals surface area contributed by atoms with Crippen molar-refractivity contribution in [2.75, 3.05) is 31.3 Å². The number of ether oxygens (including phenoxy) is 1. The Morgan fingerprint density at radius 3 is 2.78 bits per heavy atom. The Morgan fingerprint density at radius 1 is 1.39 bits per heavy atom. The predicted octanol–water partition coefficient (Wildman–Crippen LogP) is 1.10. The van der Waals surface area contributed by atoms with Gasteiger partial charge in [-0.2, -0.15) is 0 Å². The summed E-state index contributed by atoms with van der Waals surface area (Å²) in [5, 5.41) is 16.0. The summed E-state index contributed by atoms with van der Waals surface area (Å²) in [7, 11) is 3.38. The fourth-order valence-electron chi connectivity index (χ4n) is 2.35. The van der Waals surface area contributed by atoms with Crippen molar-refractivity contribution >= 4 is 11.6 Å². The lowest BCUT2D eigenvalue weighted by Gasteiger charge is -2.17. The van der Waals surface area contributed by atoms with Crippen molar-refractivity contribution < 1.29 is 9.84 Å². The Morgan fingerprint density at radius 2 is 2.17 bits per heavy atom. The summed E-state index contributed by atoms with van der Waals surface area (Å²) in [5.41, 5.74) is 0. The third-order valence-electron chi connectivity index (χ3n) is 3.40. The van der Waals surface area contributed by atoms with E-state index in [9.17, 15) is 5.11 Å². The van der Waals surface area contributed by atoms with Crippen molar-refractivity contribution in [1.82, 2.24) is 9.97 Å². The number of rotatable bonds is 5. The van der Waals surface area contributed by atoms with E-state index in [0.29, 0.717) is 29.8 Å². The van der Waals surface area contributed by atoms with Gasteiger partial charge in [-0.25, -0.2) is 9.97 Å². The Labute approximate surface area is 107 Å². The molecule has 0 spiro atoms. The van der Waals surface area contributed by atoms with Gasteiger partial charge in [0.25, 0.3) is 0 Å². The van der Waals surface area contributed by atoms with E-state index in [4.69, 9.17) is 4.74 Å². The summed E-state index contributed by atoms with van der Waals surface area (Å²) >= 11 is 0. The summed E-state index contributed by atoms with van der Waals surface area (Å²) in [6, 6.07) is 0. The zero-order valence-electron chi connectivity index (χ0n) is 10.8. The second kappa shape index (κ2) is 5.86. The van der Waals surface area contributed by atoms with Crippen LogP contribution in [-0.2, 0) is 0 Å². The van der Waals surface area contributed by atoms with E-state index >= 15 is 0 Å². The summed E-state index contributed by atoms with van der Waals surface area (Å²) in [5.74, 6) is 2.22. The van der Waals surface area contributed by atoms with Gasteiger partial charge >= 0.3 is 0 Å². The average Bonchev–Trinajstić information content (AvgIpc) is 2.81. The molecule has 0 bridgehead atoms. The third-order valence-corrected chi connectivity index (χ3v) is 3.40. The Kier molecular flexibility index (Phi) is 4.19. The maximum atomic E-state index is 9.78. The second-order valence-electron chi connectivity index (χ2n) is 4.49. The zero-order valence-corrected chi connectivity index (χ0v) is 10.8. The van der Waals surface area contributed by atoms with Crippen LogP contribution in [0.25, 0.3) is 0 Å². The van der Waals surface area contributed by atoms with Crippen molar-refractivity contribution in [1.29, 1.82) is 0 Å². The van der Waals surface area contributed by atoms with Crippen LogP contribution >= 0.6 is 0 Å². The van der Waals surface area contributed by atoms with Crippen LogP contribution in [0.15, 0.2) is 6.33 Å². The molecule has 1 aliphatic carbocycles. The highest BCUT2D eigenvalue weighted by Crippen LogP contribution is 2.30. The molecule has 2 atom stereocenters. The van der Waals surface area contributed by atoms with Gasteiger partial charge < -0.3 is 20.5 Å². The van der Waals surface area contributed by atoms with Crippen LogP contribution in [0, 0.1) is 5.92 Å². The van der Waals surface area contributed by atoms with Gasteiger partial charge in [0.2, 0.25) is 5.75 Å². The Bertz CT molecular complexity index is 400. The third kappa shape index (κ3) is 2.64. The van der Waals surface area contributed by atoms with Gasteiger partial charge in [-0.3, -0.25) is 0 Å². The SMILES string of the molecule is CNc1ncnc(NCC2CCCC2O)c1OC. The van der Waals surface area contributed by atoms with E-state index in [-0.39, 0.29) is 6.10 Å². The molecule has 100 valence electrons. The number of hydrogen-bond donors (Lipinski definition) is 3. The highest BCUT2D eigenvalue weighted by molar-refractivity contribution is 5.63. The summed E-state index contributed by atoms with van der Waals surface area (Å²) in [4.78, 5) is 8.26. The maximum absolute atomic E-state index is 9.78. The standard InChI is InChI=1S/C12H20N4O2/c1-13-11-10(18-2)12(16-7-15-11)14-6-8-4-3-5-9(8)17/h7-9,17H,3-6H2,1-2H3,(H2,13,14,15,16). The van der Waals surface area contributed by atoms with Gasteiger partial charge in [-0.15, -0.1) is 0 Å². The van der Waals surface area contributed by atoms with Gasteiger partial charge in [-0.05, 0) is 12.8 Å². The minimum Gasteiger partial charge on any atom is -0.490 e. The fraction of sp³-hybridized carbons (Fsp3) is 0.667. The molecule has 1 aromatic heterocycles. The van der Waals surface area contributed by atoms with Gasteiger partial charge in [0.15, 0.2) is 11.6 Å². The van der Waals surface area contributed by atoms with E-state index < -0.39 is 0 Å². The van der Waals surface area contributed by atoms with Crippen LogP contribution in [0.3, 0.4) is 0 Å². The monoisotopic (exact) mass is 252 g/mol. The number of nitrogens with one attached hydrogen (secondary N) is 2. The first-order valence-corrected chi connectivity index (χ1v) is 6.25. The van der Waals surface area contributed by atoms with Gasteiger partial charge in [0.1, 0.15) is 6.33 Å². The van der Waals surface area contributed by atoms with Crippen LogP contribution in [0.4, 0.5) is 11.6 Å². The van der Waals surface area contributed by atoms with Gasteiger partial charge in [-0.1, -0.05) is 6.42 Å². The molecule has 6 nitrogen and oxygen atoms in total. The molecule has 1 heterocycles. The molecule has 1 aliphatic rings. The largest absolute Gasteiger partial charge is 0.490 e. The lowest BCUT2D eigenvalue weighted by atomic mass is 10.1.